The van der Waals surface area contributed by atoms with Crippen LogP contribution in [0.3, 0.4) is 0 Å². The van der Waals surface area contributed by atoms with Crippen molar-refractivity contribution in [3.05, 3.63) is 58.9 Å². The van der Waals surface area contributed by atoms with Crippen LogP contribution >= 0.6 is 11.6 Å². The molecule has 2 aromatic carbocycles. The summed E-state index contributed by atoms with van der Waals surface area (Å²) in [7, 11) is 0. The molecule has 0 saturated heterocycles. The molecule has 5 nitrogen and oxygen atoms in total. The van der Waals surface area contributed by atoms with Gasteiger partial charge in [0.25, 0.3) is 5.91 Å². The van der Waals surface area contributed by atoms with Crippen LogP contribution in [0.2, 0.25) is 5.02 Å². The third-order valence-corrected chi connectivity index (χ3v) is 4.05. The summed E-state index contributed by atoms with van der Waals surface area (Å²) in [5.41, 5.74) is 1.42. The molecular formula is C19H19ClFNO4. The first-order chi connectivity index (χ1) is 12.3. The van der Waals surface area contributed by atoms with Crippen molar-refractivity contribution < 1.29 is 23.8 Å². The van der Waals surface area contributed by atoms with E-state index in [0.717, 1.165) is 11.6 Å². The topological polar surface area (TPSA) is 75.6 Å². The fourth-order valence-electron chi connectivity index (χ4n) is 2.22. The Bertz CT molecular complexity index is 795. The van der Waals surface area contributed by atoms with E-state index in [-0.39, 0.29) is 10.8 Å². The highest BCUT2D eigenvalue weighted by Gasteiger charge is 2.17. The average molecular weight is 380 g/mol. The Hall–Kier alpha value is -2.60. The van der Waals surface area contributed by atoms with Crippen LogP contribution in [0.1, 0.15) is 19.4 Å². The van der Waals surface area contributed by atoms with Crippen molar-refractivity contribution in [1.82, 2.24) is 0 Å². The molecule has 0 aliphatic rings. The summed E-state index contributed by atoms with van der Waals surface area (Å²) < 4.78 is 18.5. The van der Waals surface area contributed by atoms with Gasteiger partial charge in [0.15, 0.2) is 6.10 Å². The van der Waals surface area contributed by atoms with Crippen molar-refractivity contribution in [2.24, 2.45) is 5.92 Å². The van der Waals surface area contributed by atoms with Gasteiger partial charge in [-0.2, -0.15) is 0 Å². The van der Waals surface area contributed by atoms with E-state index in [1.165, 1.54) is 12.1 Å². The number of carbonyl (C=O) groups excluding carboxylic acids is 1. The van der Waals surface area contributed by atoms with Gasteiger partial charge in [-0.15, -0.1) is 0 Å². The Labute approximate surface area is 155 Å². The maximum atomic E-state index is 13.0. The molecule has 26 heavy (non-hydrogen) atoms. The Balaban J connectivity index is 1.95. The van der Waals surface area contributed by atoms with Crippen molar-refractivity contribution in [3.8, 4) is 5.75 Å². The van der Waals surface area contributed by atoms with Crippen LogP contribution in [0.4, 0.5) is 10.1 Å². The lowest BCUT2D eigenvalue weighted by Crippen LogP contribution is -2.30. The fourth-order valence-corrected chi connectivity index (χ4v) is 2.44. The maximum Gasteiger partial charge on any atom is 0.306 e. The fraction of sp³-hybridized carbons (Fsp3) is 0.263. The van der Waals surface area contributed by atoms with Gasteiger partial charge < -0.3 is 15.2 Å². The number of halogens is 2. The van der Waals surface area contributed by atoms with Crippen molar-refractivity contribution in [3.63, 3.8) is 0 Å². The highest BCUT2D eigenvalue weighted by Crippen LogP contribution is 2.26. The summed E-state index contributed by atoms with van der Waals surface area (Å²) >= 11 is 5.88. The second-order valence-corrected chi connectivity index (χ2v) is 6.37. The highest BCUT2D eigenvalue weighted by molar-refractivity contribution is 6.32. The molecule has 0 aromatic heterocycles. The van der Waals surface area contributed by atoms with Gasteiger partial charge in [-0.25, -0.2) is 4.39 Å². The molecule has 0 aliphatic carbocycles. The molecular weight excluding hydrogens is 361 g/mol. The second-order valence-electron chi connectivity index (χ2n) is 5.96. The van der Waals surface area contributed by atoms with E-state index in [9.17, 15) is 14.0 Å². The predicted molar refractivity (Wildman–Crippen MR) is 97.1 cm³/mol. The smallest absolute Gasteiger partial charge is 0.306 e. The summed E-state index contributed by atoms with van der Waals surface area (Å²) in [4.78, 5) is 23.1. The molecule has 1 amide bonds. The maximum absolute atomic E-state index is 13.0. The second kappa shape index (κ2) is 8.67. The number of ether oxygens (including phenoxy) is 1. The lowest BCUT2D eigenvalue weighted by molar-refractivity contribution is -0.141. The molecule has 0 bridgehead atoms. The molecule has 0 radical (unpaired) electrons. The number of benzene rings is 2. The molecule has 2 aromatic rings. The molecule has 0 heterocycles. The zero-order chi connectivity index (χ0) is 19.3. The molecule has 0 saturated carbocycles. The quantitative estimate of drug-likeness (QED) is 0.757. The van der Waals surface area contributed by atoms with Gasteiger partial charge in [0.2, 0.25) is 0 Å². The Morgan fingerprint density at radius 1 is 1.19 bits per heavy atom. The number of hydrogen-bond acceptors (Lipinski definition) is 3. The SMILES string of the molecule is CC(Cc1ccc(NC(=O)C(C)Oc2ccc(F)cc2Cl)cc1)C(=O)O. The lowest BCUT2D eigenvalue weighted by atomic mass is 10.0. The van der Waals surface area contributed by atoms with Gasteiger partial charge in [-0.1, -0.05) is 30.7 Å². The Morgan fingerprint density at radius 3 is 2.42 bits per heavy atom. The van der Waals surface area contributed by atoms with Crippen LogP contribution in [0.5, 0.6) is 5.75 Å². The van der Waals surface area contributed by atoms with Gasteiger partial charge >= 0.3 is 5.97 Å². The third kappa shape index (κ3) is 5.46. The molecule has 2 atom stereocenters. The number of anilines is 1. The molecule has 0 spiro atoms. The van der Waals surface area contributed by atoms with E-state index in [2.05, 4.69) is 5.32 Å². The zero-order valence-corrected chi connectivity index (χ0v) is 15.1. The summed E-state index contributed by atoms with van der Waals surface area (Å²) in [6.45, 7) is 3.19. The Kier molecular flexibility index (Phi) is 6.58. The number of nitrogens with one attached hydrogen (secondary N) is 1. The Morgan fingerprint density at radius 2 is 1.85 bits per heavy atom. The first-order valence-corrected chi connectivity index (χ1v) is 8.38. The number of carboxylic acids is 1. The van der Waals surface area contributed by atoms with Gasteiger partial charge in [0, 0.05) is 5.69 Å². The number of amides is 1. The van der Waals surface area contributed by atoms with Crippen molar-refractivity contribution >= 4 is 29.2 Å². The normalized spacial score (nSPS) is 12.9. The number of aliphatic carboxylic acids is 1. The zero-order valence-electron chi connectivity index (χ0n) is 14.3. The van der Waals surface area contributed by atoms with Gasteiger partial charge in [-0.3, -0.25) is 9.59 Å². The van der Waals surface area contributed by atoms with Crippen molar-refractivity contribution in [1.29, 1.82) is 0 Å². The van der Waals surface area contributed by atoms with Gasteiger partial charge in [-0.05, 0) is 49.2 Å². The van der Waals surface area contributed by atoms with E-state index < -0.39 is 29.7 Å². The predicted octanol–water partition coefficient (Wildman–Crippen LogP) is 4.15. The first-order valence-electron chi connectivity index (χ1n) is 8.00. The number of carbonyl (C=O) groups is 2. The molecule has 0 aliphatic heterocycles. The average Bonchev–Trinajstić information content (AvgIpc) is 2.58. The molecule has 2 N–H and O–H groups in total. The largest absolute Gasteiger partial charge is 0.481 e. The van der Waals surface area contributed by atoms with Crippen LogP contribution in [-0.2, 0) is 16.0 Å². The van der Waals surface area contributed by atoms with Crippen LogP contribution in [0.15, 0.2) is 42.5 Å². The molecule has 7 heteroatoms. The van der Waals surface area contributed by atoms with Crippen molar-refractivity contribution in [2.45, 2.75) is 26.4 Å². The van der Waals surface area contributed by atoms with E-state index in [1.54, 1.807) is 38.1 Å². The number of hydrogen-bond donors (Lipinski definition) is 2. The van der Waals surface area contributed by atoms with E-state index >= 15 is 0 Å². The summed E-state index contributed by atoms with van der Waals surface area (Å²) in [6.07, 6.45) is -0.434. The van der Waals surface area contributed by atoms with Crippen molar-refractivity contribution in [2.75, 3.05) is 5.32 Å². The monoisotopic (exact) mass is 379 g/mol. The van der Waals surface area contributed by atoms with Crippen LogP contribution in [0.25, 0.3) is 0 Å². The molecule has 2 rings (SSSR count). The van der Waals surface area contributed by atoms with E-state index in [1.807, 2.05) is 0 Å². The van der Waals surface area contributed by atoms with Crippen LogP contribution in [0, 0.1) is 11.7 Å². The molecule has 138 valence electrons. The minimum Gasteiger partial charge on any atom is -0.481 e. The standard InChI is InChI=1S/C19H19ClFNO4/c1-11(19(24)25)9-13-3-6-15(7-4-13)22-18(23)12(2)26-17-8-5-14(21)10-16(17)20/h3-8,10-12H,9H2,1-2H3,(H,22,23)(H,24,25). The van der Waals surface area contributed by atoms with Crippen LogP contribution in [-0.4, -0.2) is 23.1 Å². The number of carboxylic acid groups (broad SMARTS) is 1. The summed E-state index contributed by atoms with van der Waals surface area (Å²) in [5.74, 6) is -2.00. The summed E-state index contributed by atoms with van der Waals surface area (Å²) in [5, 5.41) is 11.7. The van der Waals surface area contributed by atoms with Gasteiger partial charge in [0.05, 0.1) is 10.9 Å². The summed E-state index contributed by atoms with van der Waals surface area (Å²) in [6, 6.07) is 10.6. The minimum atomic E-state index is -0.854. The molecule has 2 unspecified atom stereocenters. The highest BCUT2D eigenvalue weighted by atomic mass is 35.5. The minimum absolute atomic E-state index is 0.0848. The van der Waals surface area contributed by atoms with Gasteiger partial charge in [0.1, 0.15) is 11.6 Å². The van der Waals surface area contributed by atoms with E-state index in [4.69, 9.17) is 21.4 Å². The third-order valence-electron chi connectivity index (χ3n) is 3.75. The van der Waals surface area contributed by atoms with Crippen LogP contribution < -0.4 is 10.1 Å². The number of rotatable bonds is 7. The van der Waals surface area contributed by atoms with E-state index in [0.29, 0.717) is 12.1 Å². The first kappa shape index (κ1) is 19.7. The lowest BCUT2D eigenvalue weighted by Gasteiger charge is -2.16. The molecule has 0 fully saturated rings.